The van der Waals surface area contributed by atoms with Gasteiger partial charge in [-0.2, -0.15) is 0 Å². The number of nitrogens with one attached hydrogen (secondary N) is 1. The molecule has 1 amide bonds. The van der Waals surface area contributed by atoms with Crippen molar-refractivity contribution in [1.82, 2.24) is 5.32 Å². The summed E-state index contributed by atoms with van der Waals surface area (Å²) in [4.78, 5) is 14.1. The second-order valence-corrected chi connectivity index (χ2v) is 7.26. The van der Waals surface area contributed by atoms with Gasteiger partial charge >= 0.3 is 6.09 Å². The molecule has 0 radical (unpaired) electrons. The predicted molar refractivity (Wildman–Crippen MR) is 83.8 cm³/mol. The number of nitrogens with zero attached hydrogens (tertiary/aromatic N) is 1. The highest BCUT2D eigenvalue weighted by atomic mass is 19.1. The second kappa shape index (κ2) is 5.23. The van der Waals surface area contributed by atoms with E-state index in [1.165, 1.54) is 12.1 Å². The zero-order chi connectivity index (χ0) is 16.0. The van der Waals surface area contributed by atoms with Crippen molar-refractivity contribution in [3.05, 3.63) is 29.6 Å². The lowest BCUT2D eigenvalue weighted by Gasteiger charge is -2.34. The molecule has 1 N–H and O–H groups in total. The first kappa shape index (κ1) is 15.3. The molecular formula is C17H23FN2O2. The van der Waals surface area contributed by atoms with E-state index in [1.54, 1.807) is 4.90 Å². The maximum absolute atomic E-state index is 13.7. The molecular weight excluding hydrogens is 283 g/mol. The van der Waals surface area contributed by atoms with Gasteiger partial charge in [0, 0.05) is 12.0 Å². The first-order valence-corrected chi connectivity index (χ1v) is 7.82. The minimum atomic E-state index is -0.561. The number of hydrogen-bond donors (Lipinski definition) is 1. The SMILES string of the molecule is CC(C)(C)OC(=O)N1CC2(CCNCC2)c2ccc(F)cc21. The van der Waals surface area contributed by atoms with Crippen LogP contribution < -0.4 is 10.2 Å². The highest BCUT2D eigenvalue weighted by Crippen LogP contribution is 2.46. The summed E-state index contributed by atoms with van der Waals surface area (Å²) in [5, 5.41) is 3.35. The maximum Gasteiger partial charge on any atom is 0.414 e. The van der Waals surface area contributed by atoms with Crippen LogP contribution >= 0.6 is 0 Å². The van der Waals surface area contributed by atoms with Gasteiger partial charge in [-0.15, -0.1) is 0 Å². The highest BCUT2D eigenvalue weighted by molar-refractivity contribution is 5.91. The second-order valence-electron chi connectivity index (χ2n) is 7.26. The van der Waals surface area contributed by atoms with Gasteiger partial charge in [0.05, 0.1) is 5.69 Å². The molecule has 0 saturated carbocycles. The van der Waals surface area contributed by atoms with Crippen LogP contribution in [0.3, 0.4) is 0 Å². The van der Waals surface area contributed by atoms with Gasteiger partial charge < -0.3 is 10.1 Å². The van der Waals surface area contributed by atoms with Crippen LogP contribution in [0.2, 0.25) is 0 Å². The third-order valence-electron chi connectivity index (χ3n) is 4.46. The Morgan fingerprint density at radius 3 is 2.64 bits per heavy atom. The monoisotopic (exact) mass is 306 g/mol. The third kappa shape index (κ3) is 2.70. The van der Waals surface area contributed by atoms with Crippen LogP contribution in [0, 0.1) is 5.82 Å². The molecule has 1 spiro atoms. The Bertz CT molecular complexity index is 589. The molecule has 0 atom stereocenters. The van der Waals surface area contributed by atoms with E-state index < -0.39 is 11.7 Å². The van der Waals surface area contributed by atoms with Gasteiger partial charge in [0.2, 0.25) is 0 Å². The van der Waals surface area contributed by atoms with Crippen molar-refractivity contribution in [1.29, 1.82) is 0 Å². The lowest BCUT2D eigenvalue weighted by Crippen LogP contribution is -2.45. The van der Waals surface area contributed by atoms with Crippen LogP contribution in [-0.2, 0) is 10.2 Å². The largest absolute Gasteiger partial charge is 0.443 e. The molecule has 4 nitrogen and oxygen atoms in total. The normalized spacial score (nSPS) is 20.1. The smallest absolute Gasteiger partial charge is 0.414 e. The van der Waals surface area contributed by atoms with E-state index in [1.807, 2.05) is 26.8 Å². The fourth-order valence-electron chi connectivity index (χ4n) is 3.46. The Morgan fingerprint density at radius 1 is 1.32 bits per heavy atom. The van der Waals surface area contributed by atoms with E-state index in [4.69, 9.17) is 4.74 Å². The number of fused-ring (bicyclic) bond motifs is 2. The van der Waals surface area contributed by atoms with Crippen LogP contribution in [0.1, 0.15) is 39.2 Å². The average Bonchev–Trinajstić information content (AvgIpc) is 2.72. The van der Waals surface area contributed by atoms with Crippen molar-refractivity contribution < 1.29 is 13.9 Å². The first-order chi connectivity index (χ1) is 10.3. The molecule has 3 rings (SSSR count). The molecule has 2 aliphatic rings. The Hall–Kier alpha value is -1.62. The topological polar surface area (TPSA) is 41.6 Å². The average molecular weight is 306 g/mol. The lowest BCUT2D eigenvalue weighted by atomic mass is 9.75. The molecule has 22 heavy (non-hydrogen) atoms. The van der Waals surface area contributed by atoms with Crippen LogP contribution in [-0.4, -0.2) is 31.3 Å². The molecule has 0 unspecified atom stereocenters. The Kier molecular flexibility index (Phi) is 3.63. The highest BCUT2D eigenvalue weighted by Gasteiger charge is 2.46. The van der Waals surface area contributed by atoms with Crippen LogP contribution in [0.4, 0.5) is 14.9 Å². The van der Waals surface area contributed by atoms with E-state index in [9.17, 15) is 9.18 Å². The van der Waals surface area contributed by atoms with E-state index in [0.29, 0.717) is 12.2 Å². The molecule has 1 fully saturated rings. The summed E-state index contributed by atoms with van der Waals surface area (Å²) in [6.45, 7) is 7.93. The Morgan fingerprint density at radius 2 is 2.00 bits per heavy atom. The number of carbonyl (C=O) groups excluding carboxylic acids is 1. The molecule has 0 bridgehead atoms. The number of ether oxygens (including phenoxy) is 1. The molecule has 0 aromatic heterocycles. The number of piperidine rings is 1. The van der Waals surface area contributed by atoms with Gasteiger partial charge in [-0.3, -0.25) is 4.90 Å². The summed E-state index contributed by atoms with van der Waals surface area (Å²) < 4.78 is 19.2. The molecule has 1 saturated heterocycles. The lowest BCUT2D eigenvalue weighted by molar-refractivity contribution is 0.0575. The zero-order valence-corrected chi connectivity index (χ0v) is 13.4. The van der Waals surface area contributed by atoms with E-state index in [-0.39, 0.29) is 11.2 Å². The van der Waals surface area contributed by atoms with Crippen molar-refractivity contribution in [3.8, 4) is 0 Å². The number of benzene rings is 1. The summed E-state index contributed by atoms with van der Waals surface area (Å²) in [6, 6.07) is 4.78. The summed E-state index contributed by atoms with van der Waals surface area (Å²) >= 11 is 0. The number of amides is 1. The van der Waals surface area contributed by atoms with E-state index in [0.717, 1.165) is 31.5 Å². The first-order valence-electron chi connectivity index (χ1n) is 7.82. The van der Waals surface area contributed by atoms with E-state index >= 15 is 0 Å². The van der Waals surface area contributed by atoms with Crippen molar-refractivity contribution in [3.63, 3.8) is 0 Å². The Balaban J connectivity index is 1.97. The summed E-state index contributed by atoms with van der Waals surface area (Å²) in [7, 11) is 0. The van der Waals surface area contributed by atoms with Gasteiger partial charge in [-0.25, -0.2) is 9.18 Å². The number of hydrogen-bond acceptors (Lipinski definition) is 3. The molecule has 0 aliphatic carbocycles. The summed E-state index contributed by atoms with van der Waals surface area (Å²) in [5.41, 5.74) is 1.09. The number of carbonyl (C=O) groups is 1. The van der Waals surface area contributed by atoms with Gasteiger partial charge in [-0.1, -0.05) is 6.07 Å². The summed E-state index contributed by atoms with van der Waals surface area (Å²) in [6.07, 6.45) is 1.50. The fourth-order valence-corrected chi connectivity index (χ4v) is 3.46. The quantitative estimate of drug-likeness (QED) is 0.800. The fraction of sp³-hybridized carbons (Fsp3) is 0.588. The van der Waals surface area contributed by atoms with Crippen LogP contribution in [0.5, 0.6) is 0 Å². The maximum atomic E-state index is 13.7. The minimum absolute atomic E-state index is 0.0782. The summed E-state index contributed by atoms with van der Waals surface area (Å²) in [5.74, 6) is -0.321. The minimum Gasteiger partial charge on any atom is -0.443 e. The molecule has 1 aromatic rings. The predicted octanol–water partition coefficient (Wildman–Crippen LogP) is 3.20. The van der Waals surface area contributed by atoms with Crippen molar-refractivity contribution in [2.24, 2.45) is 0 Å². The standard InChI is InChI=1S/C17H23FN2O2/c1-16(2,3)22-15(21)20-11-17(6-8-19-9-7-17)13-5-4-12(18)10-14(13)20/h4-5,10,19H,6-9,11H2,1-3H3. The van der Waals surface area contributed by atoms with Crippen molar-refractivity contribution in [2.45, 2.75) is 44.6 Å². The van der Waals surface area contributed by atoms with Crippen LogP contribution in [0.15, 0.2) is 18.2 Å². The van der Waals surface area contributed by atoms with E-state index in [2.05, 4.69) is 5.32 Å². The molecule has 5 heteroatoms. The van der Waals surface area contributed by atoms with Gasteiger partial charge in [-0.05, 0) is 64.4 Å². The van der Waals surface area contributed by atoms with Gasteiger partial charge in [0.1, 0.15) is 11.4 Å². The third-order valence-corrected chi connectivity index (χ3v) is 4.46. The molecule has 2 aliphatic heterocycles. The zero-order valence-electron chi connectivity index (χ0n) is 13.4. The van der Waals surface area contributed by atoms with Crippen molar-refractivity contribution >= 4 is 11.8 Å². The Labute approximate surface area is 130 Å². The number of halogens is 1. The van der Waals surface area contributed by atoms with Crippen molar-refractivity contribution in [2.75, 3.05) is 24.5 Å². The number of anilines is 1. The molecule has 2 heterocycles. The molecule has 120 valence electrons. The van der Waals surface area contributed by atoms with Gasteiger partial charge in [0.25, 0.3) is 0 Å². The van der Waals surface area contributed by atoms with Crippen LogP contribution in [0.25, 0.3) is 0 Å². The van der Waals surface area contributed by atoms with Gasteiger partial charge in [0.15, 0.2) is 0 Å². The number of rotatable bonds is 0. The molecule has 1 aromatic carbocycles.